The second kappa shape index (κ2) is 8.74. The van der Waals surface area contributed by atoms with Crippen molar-refractivity contribution >= 4 is 5.91 Å². The van der Waals surface area contributed by atoms with Crippen molar-refractivity contribution in [2.75, 3.05) is 20.3 Å². The van der Waals surface area contributed by atoms with Gasteiger partial charge in [-0.1, -0.05) is 19.8 Å². The first kappa shape index (κ1) is 19.6. The van der Waals surface area contributed by atoms with Crippen molar-refractivity contribution in [1.82, 2.24) is 31.7 Å². The SMILES string of the molecule is C[C@H](CC1NNCN1C)C1CCCC(NC(=O)C2CCNC(C3CC3)N2)C1. The summed E-state index contributed by atoms with van der Waals surface area (Å²) < 4.78 is 0. The van der Waals surface area contributed by atoms with Crippen LogP contribution in [0.2, 0.25) is 0 Å². The quantitative estimate of drug-likeness (QED) is 0.468. The number of hydrogen-bond acceptors (Lipinski definition) is 6. The van der Waals surface area contributed by atoms with Crippen LogP contribution in [0.4, 0.5) is 0 Å². The Labute approximate surface area is 163 Å². The summed E-state index contributed by atoms with van der Waals surface area (Å²) in [6.45, 7) is 4.25. The van der Waals surface area contributed by atoms with Crippen LogP contribution in [0.1, 0.15) is 58.3 Å². The first-order valence-electron chi connectivity index (χ1n) is 11.1. The summed E-state index contributed by atoms with van der Waals surface area (Å²) >= 11 is 0. The molecule has 0 radical (unpaired) electrons. The van der Waals surface area contributed by atoms with Crippen LogP contribution in [0, 0.1) is 17.8 Å². The van der Waals surface area contributed by atoms with Gasteiger partial charge in [0, 0.05) is 6.04 Å². The minimum Gasteiger partial charge on any atom is -0.352 e. The molecule has 2 heterocycles. The van der Waals surface area contributed by atoms with Gasteiger partial charge in [0.05, 0.1) is 25.0 Å². The Kier molecular flexibility index (Phi) is 6.34. The predicted octanol–water partition coefficient (Wildman–Crippen LogP) is 0.698. The number of nitrogens with one attached hydrogen (secondary N) is 5. The monoisotopic (exact) mass is 378 g/mol. The van der Waals surface area contributed by atoms with Gasteiger partial charge in [-0.25, -0.2) is 10.9 Å². The summed E-state index contributed by atoms with van der Waals surface area (Å²) in [4.78, 5) is 15.2. The molecule has 2 aliphatic heterocycles. The highest BCUT2D eigenvalue weighted by Gasteiger charge is 2.37. The molecule has 7 nitrogen and oxygen atoms in total. The zero-order chi connectivity index (χ0) is 18.8. The normalized spacial score (nSPS) is 39.3. The molecular formula is C20H38N6O. The molecule has 2 saturated carbocycles. The number of carbonyl (C=O) groups excluding carboxylic acids is 1. The van der Waals surface area contributed by atoms with E-state index in [1.165, 1.54) is 25.7 Å². The predicted molar refractivity (Wildman–Crippen MR) is 106 cm³/mol. The largest absolute Gasteiger partial charge is 0.352 e. The molecule has 4 fully saturated rings. The van der Waals surface area contributed by atoms with Gasteiger partial charge in [-0.05, 0) is 69.9 Å². The fraction of sp³-hybridized carbons (Fsp3) is 0.950. The number of hydrazine groups is 1. The van der Waals surface area contributed by atoms with Crippen molar-refractivity contribution in [3.8, 4) is 0 Å². The van der Waals surface area contributed by atoms with Crippen molar-refractivity contribution in [3.63, 3.8) is 0 Å². The molecule has 4 rings (SSSR count). The van der Waals surface area contributed by atoms with Gasteiger partial charge in [-0.15, -0.1) is 0 Å². The molecule has 4 aliphatic rings. The molecule has 154 valence electrons. The number of nitrogens with zero attached hydrogens (tertiary/aromatic N) is 1. The van der Waals surface area contributed by atoms with E-state index in [1.807, 2.05) is 0 Å². The molecule has 1 amide bonds. The van der Waals surface area contributed by atoms with E-state index in [9.17, 15) is 4.79 Å². The summed E-state index contributed by atoms with van der Waals surface area (Å²) in [5.41, 5.74) is 6.60. The zero-order valence-corrected chi connectivity index (χ0v) is 17.0. The third-order valence-corrected chi connectivity index (χ3v) is 7.18. The summed E-state index contributed by atoms with van der Waals surface area (Å²) in [6, 6.07) is 0.333. The van der Waals surface area contributed by atoms with Gasteiger partial charge in [0.2, 0.25) is 5.91 Å². The fourth-order valence-electron chi connectivity index (χ4n) is 5.15. The molecule has 0 aromatic heterocycles. The summed E-state index contributed by atoms with van der Waals surface area (Å²) in [5.74, 6) is 2.33. The molecule has 6 atom stereocenters. The van der Waals surface area contributed by atoms with Crippen LogP contribution in [0.5, 0.6) is 0 Å². The maximum atomic E-state index is 12.8. The number of hydrogen-bond donors (Lipinski definition) is 5. The van der Waals surface area contributed by atoms with Gasteiger partial charge >= 0.3 is 0 Å². The lowest BCUT2D eigenvalue weighted by molar-refractivity contribution is -0.125. The van der Waals surface area contributed by atoms with Gasteiger partial charge in [-0.3, -0.25) is 15.0 Å². The van der Waals surface area contributed by atoms with Crippen molar-refractivity contribution < 1.29 is 4.79 Å². The van der Waals surface area contributed by atoms with Crippen LogP contribution in [-0.4, -0.2) is 55.5 Å². The lowest BCUT2D eigenvalue weighted by Gasteiger charge is -2.37. The fourth-order valence-corrected chi connectivity index (χ4v) is 5.15. The highest BCUT2D eigenvalue weighted by molar-refractivity contribution is 5.82. The van der Waals surface area contributed by atoms with Crippen LogP contribution in [-0.2, 0) is 4.79 Å². The second-order valence-corrected chi connectivity index (χ2v) is 9.37. The number of amides is 1. The van der Waals surface area contributed by atoms with E-state index in [2.05, 4.69) is 45.7 Å². The van der Waals surface area contributed by atoms with Gasteiger partial charge in [-0.2, -0.15) is 0 Å². The van der Waals surface area contributed by atoms with Gasteiger partial charge in [0.15, 0.2) is 0 Å². The first-order valence-corrected chi connectivity index (χ1v) is 11.1. The third-order valence-electron chi connectivity index (χ3n) is 7.18. The Hall–Kier alpha value is -0.730. The van der Waals surface area contributed by atoms with Gasteiger partial charge in [0.25, 0.3) is 0 Å². The first-order chi connectivity index (χ1) is 13.1. The van der Waals surface area contributed by atoms with Gasteiger partial charge in [0.1, 0.15) is 0 Å². The Morgan fingerprint density at radius 2 is 2.07 bits per heavy atom. The smallest absolute Gasteiger partial charge is 0.237 e. The molecule has 5 N–H and O–H groups in total. The highest BCUT2D eigenvalue weighted by atomic mass is 16.2. The minimum atomic E-state index is -0.0166. The lowest BCUT2D eigenvalue weighted by Crippen LogP contribution is -2.60. The molecule has 0 aromatic rings. The molecule has 2 aliphatic carbocycles. The second-order valence-electron chi connectivity index (χ2n) is 9.37. The van der Waals surface area contributed by atoms with E-state index < -0.39 is 0 Å². The molecule has 0 bridgehead atoms. The van der Waals surface area contributed by atoms with E-state index in [1.54, 1.807) is 0 Å². The lowest BCUT2D eigenvalue weighted by atomic mass is 9.77. The summed E-state index contributed by atoms with van der Waals surface area (Å²) in [6.07, 6.45) is 10.2. The van der Waals surface area contributed by atoms with E-state index in [-0.39, 0.29) is 11.9 Å². The molecule has 7 heteroatoms. The standard InChI is InChI=1S/C20H38N6O/c1-13(10-18-25-22-12-26(18)2)15-4-3-5-16(11-15)23-20(27)17-8-9-21-19(24-17)14-6-7-14/h13-19,21-22,24-25H,3-12H2,1-2H3,(H,23,27)/t13-,15?,16?,17?,18?,19?/m1/s1. The van der Waals surface area contributed by atoms with Crippen molar-refractivity contribution in [2.45, 2.75) is 82.7 Å². The maximum absolute atomic E-state index is 12.8. The highest BCUT2D eigenvalue weighted by Crippen LogP contribution is 2.34. The van der Waals surface area contributed by atoms with Crippen LogP contribution in [0.25, 0.3) is 0 Å². The Balaban J connectivity index is 1.24. The van der Waals surface area contributed by atoms with E-state index in [0.717, 1.165) is 44.8 Å². The molecule has 0 aromatic carbocycles. The number of carbonyl (C=O) groups is 1. The molecule has 2 saturated heterocycles. The Bertz CT molecular complexity index is 513. The Morgan fingerprint density at radius 3 is 2.81 bits per heavy atom. The van der Waals surface area contributed by atoms with Crippen LogP contribution in [0.3, 0.4) is 0 Å². The third kappa shape index (κ3) is 5.01. The topological polar surface area (TPSA) is 80.5 Å². The Morgan fingerprint density at radius 1 is 1.22 bits per heavy atom. The number of rotatable bonds is 6. The van der Waals surface area contributed by atoms with Gasteiger partial charge < -0.3 is 10.6 Å². The molecule has 0 spiro atoms. The molecule has 27 heavy (non-hydrogen) atoms. The molecular weight excluding hydrogens is 340 g/mol. The van der Waals surface area contributed by atoms with Crippen molar-refractivity contribution in [1.29, 1.82) is 0 Å². The zero-order valence-electron chi connectivity index (χ0n) is 17.0. The van der Waals surface area contributed by atoms with E-state index >= 15 is 0 Å². The maximum Gasteiger partial charge on any atom is 0.237 e. The average Bonchev–Trinajstić information content (AvgIpc) is 3.46. The molecule has 5 unspecified atom stereocenters. The average molecular weight is 379 g/mol. The van der Waals surface area contributed by atoms with Crippen LogP contribution in [0.15, 0.2) is 0 Å². The van der Waals surface area contributed by atoms with Crippen molar-refractivity contribution in [3.05, 3.63) is 0 Å². The minimum absolute atomic E-state index is 0.0166. The summed E-state index contributed by atoms with van der Waals surface area (Å²) in [7, 11) is 2.16. The summed E-state index contributed by atoms with van der Waals surface area (Å²) in [5, 5.41) is 10.5. The van der Waals surface area contributed by atoms with Crippen LogP contribution >= 0.6 is 0 Å². The van der Waals surface area contributed by atoms with Crippen molar-refractivity contribution in [2.24, 2.45) is 17.8 Å². The van der Waals surface area contributed by atoms with E-state index in [4.69, 9.17) is 0 Å². The van der Waals surface area contributed by atoms with E-state index in [0.29, 0.717) is 30.2 Å². The van der Waals surface area contributed by atoms with Crippen LogP contribution < -0.4 is 26.8 Å².